The van der Waals surface area contributed by atoms with Crippen molar-refractivity contribution in [2.45, 2.75) is 19.3 Å². The predicted octanol–water partition coefficient (Wildman–Crippen LogP) is 4.07. The summed E-state index contributed by atoms with van der Waals surface area (Å²) in [5.41, 5.74) is 2.59. The minimum absolute atomic E-state index is 0.759. The van der Waals surface area contributed by atoms with Gasteiger partial charge in [-0.25, -0.2) is 0 Å². The van der Waals surface area contributed by atoms with E-state index in [-0.39, 0.29) is 0 Å². The van der Waals surface area contributed by atoms with Crippen LogP contribution >= 0.6 is 0 Å². The minimum atomic E-state index is 0.759. The Kier molecular flexibility index (Phi) is 4.83. The Morgan fingerprint density at radius 1 is 0.889 bits per heavy atom. The van der Waals surface area contributed by atoms with Crippen LogP contribution in [0.1, 0.15) is 17.5 Å². The van der Waals surface area contributed by atoms with Crippen molar-refractivity contribution in [3.8, 4) is 5.75 Å². The van der Waals surface area contributed by atoms with Crippen LogP contribution in [-0.2, 0) is 12.8 Å². The van der Waals surface area contributed by atoms with Crippen molar-refractivity contribution >= 4 is 0 Å². The highest BCUT2D eigenvalue weighted by Crippen LogP contribution is 2.14. The molecule has 2 aromatic carbocycles. The zero-order chi connectivity index (χ0) is 12.6. The largest absolute Gasteiger partial charge is 0.494 e. The summed E-state index contributed by atoms with van der Waals surface area (Å²) in [5, 5.41) is 0. The first-order chi connectivity index (χ1) is 8.88. The third-order valence-corrected chi connectivity index (χ3v) is 2.91. The Hall–Kier alpha value is -1.76. The van der Waals surface area contributed by atoms with Crippen LogP contribution in [-0.4, -0.2) is 6.61 Å². The highest BCUT2D eigenvalue weighted by molar-refractivity contribution is 5.28. The Balaban J connectivity index is 1.75. The zero-order valence-corrected chi connectivity index (χ0v) is 10.6. The van der Waals surface area contributed by atoms with E-state index < -0.39 is 0 Å². The minimum Gasteiger partial charge on any atom is -0.494 e. The molecule has 0 spiro atoms. The second-order valence-corrected chi connectivity index (χ2v) is 4.34. The van der Waals surface area contributed by atoms with Crippen LogP contribution in [0, 0.1) is 6.92 Å². The second kappa shape index (κ2) is 6.85. The Labute approximate surface area is 109 Å². The van der Waals surface area contributed by atoms with Crippen LogP contribution in [0.15, 0.2) is 54.6 Å². The molecule has 0 heterocycles. The monoisotopic (exact) mass is 239 g/mol. The fourth-order valence-corrected chi connectivity index (χ4v) is 1.90. The average molecular weight is 239 g/mol. The molecule has 0 N–H and O–H groups in total. The molecule has 0 aliphatic carbocycles. The average Bonchev–Trinajstić information content (AvgIpc) is 2.45. The lowest BCUT2D eigenvalue weighted by atomic mass is 10.1. The van der Waals surface area contributed by atoms with Crippen molar-refractivity contribution in [1.29, 1.82) is 0 Å². The molecule has 0 atom stereocenters. The molecule has 1 radical (unpaired) electrons. The number of rotatable bonds is 6. The number of ether oxygens (including phenoxy) is 1. The topological polar surface area (TPSA) is 9.23 Å². The maximum atomic E-state index is 5.74. The number of hydrogen-bond acceptors (Lipinski definition) is 1. The molecular weight excluding hydrogens is 220 g/mol. The molecule has 0 amide bonds. The van der Waals surface area contributed by atoms with Gasteiger partial charge in [-0.15, -0.1) is 0 Å². The quantitative estimate of drug-likeness (QED) is 0.690. The molecule has 0 saturated carbocycles. The lowest BCUT2D eigenvalue weighted by Gasteiger charge is -2.07. The molecule has 1 nitrogen and oxygen atoms in total. The van der Waals surface area contributed by atoms with E-state index in [0.717, 1.165) is 31.6 Å². The van der Waals surface area contributed by atoms with Crippen molar-refractivity contribution in [1.82, 2.24) is 0 Å². The van der Waals surface area contributed by atoms with Crippen LogP contribution in [0.2, 0.25) is 0 Å². The first-order valence-electron chi connectivity index (χ1n) is 6.43. The van der Waals surface area contributed by atoms with Crippen LogP contribution in [0.25, 0.3) is 0 Å². The lowest BCUT2D eigenvalue weighted by molar-refractivity contribution is 0.311. The molecule has 0 unspecified atom stereocenters. The van der Waals surface area contributed by atoms with E-state index in [1.807, 2.05) is 18.2 Å². The van der Waals surface area contributed by atoms with Gasteiger partial charge in [0.2, 0.25) is 0 Å². The van der Waals surface area contributed by atoms with Crippen LogP contribution < -0.4 is 4.74 Å². The molecule has 93 valence electrons. The van der Waals surface area contributed by atoms with Crippen molar-refractivity contribution in [2.75, 3.05) is 6.61 Å². The molecule has 2 aromatic rings. The van der Waals surface area contributed by atoms with Gasteiger partial charge in [-0.05, 0) is 49.4 Å². The predicted molar refractivity (Wildman–Crippen MR) is 75.8 cm³/mol. The highest BCUT2D eigenvalue weighted by Gasteiger charge is 1.96. The van der Waals surface area contributed by atoms with Gasteiger partial charge >= 0.3 is 0 Å². The molecule has 0 aliphatic rings. The van der Waals surface area contributed by atoms with Gasteiger partial charge in [0.15, 0.2) is 0 Å². The lowest BCUT2D eigenvalue weighted by Crippen LogP contribution is -1.99. The molecular formula is C17H19O. The summed E-state index contributed by atoms with van der Waals surface area (Å²) in [6.45, 7) is 4.64. The summed E-state index contributed by atoms with van der Waals surface area (Å²) in [5.74, 6) is 0.948. The Bertz CT molecular complexity index is 462. The molecule has 2 rings (SSSR count). The van der Waals surface area contributed by atoms with E-state index in [9.17, 15) is 0 Å². The summed E-state index contributed by atoms with van der Waals surface area (Å²) < 4.78 is 5.74. The van der Waals surface area contributed by atoms with E-state index >= 15 is 0 Å². The van der Waals surface area contributed by atoms with Crippen LogP contribution in [0.4, 0.5) is 0 Å². The maximum absolute atomic E-state index is 5.74. The van der Waals surface area contributed by atoms with Gasteiger partial charge in [0.05, 0.1) is 6.61 Å². The van der Waals surface area contributed by atoms with Gasteiger partial charge in [-0.2, -0.15) is 0 Å². The van der Waals surface area contributed by atoms with Crippen molar-refractivity contribution in [2.24, 2.45) is 0 Å². The van der Waals surface area contributed by atoms with Gasteiger partial charge < -0.3 is 4.74 Å². The molecule has 0 saturated heterocycles. The normalized spacial score (nSPS) is 10.3. The summed E-state index contributed by atoms with van der Waals surface area (Å²) in [6, 6.07) is 18.7. The molecule has 0 aliphatic heterocycles. The van der Waals surface area contributed by atoms with Gasteiger partial charge in [-0.1, -0.05) is 42.5 Å². The van der Waals surface area contributed by atoms with Gasteiger partial charge in [-0.3, -0.25) is 0 Å². The Morgan fingerprint density at radius 3 is 2.44 bits per heavy atom. The van der Waals surface area contributed by atoms with E-state index in [1.54, 1.807) is 0 Å². The van der Waals surface area contributed by atoms with E-state index in [0.29, 0.717) is 0 Å². The van der Waals surface area contributed by atoms with Crippen molar-refractivity contribution in [3.05, 3.63) is 72.6 Å². The highest BCUT2D eigenvalue weighted by atomic mass is 16.5. The van der Waals surface area contributed by atoms with E-state index in [4.69, 9.17) is 4.74 Å². The summed E-state index contributed by atoms with van der Waals surface area (Å²) in [4.78, 5) is 0. The van der Waals surface area contributed by atoms with Crippen molar-refractivity contribution < 1.29 is 4.74 Å². The third-order valence-electron chi connectivity index (χ3n) is 2.91. The Morgan fingerprint density at radius 2 is 1.67 bits per heavy atom. The van der Waals surface area contributed by atoms with Crippen LogP contribution in [0.3, 0.4) is 0 Å². The molecule has 0 fully saturated rings. The SMILES string of the molecule is [CH2]Cc1cccc(OCCCc2ccccc2)c1. The van der Waals surface area contributed by atoms with Gasteiger partial charge in [0.25, 0.3) is 0 Å². The summed E-state index contributed by atoms with van der Waals surface area (Å²) in [7, 11) is 0. The molecule has 0 aromatic heterocycles. The number of aryl methyl sites for hydroxylation is 1. The van der Waals surface area contributed by atoms with Gasteiger partial charge in [0, 0.05) is 0 Å². The first-order valence-corrected chi connectivity index (χ1v) is 6.43. The fraction of sp³-hybridized carbons (Fsp3) is 0.235. The fourth-order valence-electron chi connectivity index (χ4n) is 1.90. The maximum Gasteiger partial charge on any atom is 0.119 e. The first kappa shape index (κ1) is 12.7. The van der Waals surface area contributed by atoms with Crippen molar-refractivity contribution in [3.63, 3.8) is 0 Å². The number of benzene rings is 2. The van der Waals surface area contributed by atoms with E-state index in [1.165, 1.54) is 11.1 Å². The molecule has 1 heteroatoms. The molecule has 0 bridgehead atoms. The smallest absolute Gasteiger partial charge is 0.119 e. The number of hydrogen-bond donors (Lipinski definition) is 0. The zero-order valence-electron chi connectivity index (χ0n) is 10.6. The van der Waals surface area contributed by atoms with E-state index in [2.05, 4.69) is 43.3 Å². The van der Waals surface area contributed by atoms with Gasteiger partial charge in [0.1, 0.15) is 5.75 Å². The summed E-state index contributed by atoms with van der Waals surface area (Å²) in [6.07, 6.45) is 2.91. The second-order valence-electron chi connectivity index (χ2n) is 4.34. The standard InChI is InChI=1S/C17H19O/c1-2-15-10-6-12-17(14-15)18-13-7-11-16-8-4-3-5-9-16/h3-6,8-10,12,14H,1-2,7,11,13H2. The van der Waals surface area contributed by atoms with Crippen LogP contribution in [0.5, 0.6) is 5.75 Å². The third kappa shape index (κ3) is 3.92. The summed E-state index contributed by atoms with van der Waals surface area (Å²) >= 11 is 0. The molecule has 18 heavy (non-hydrogen) atoms.